The minimum absolute atomic E-state index is 0.0975. The number of hydrogen-bond acceptors (Lipinski definition) is 1. The highest BCUT2D eigenvalue weighted by atomic mass is 35.5. The Bertz CT molecular complexity index is 519. The zero-order valence-corrected chi connectivity index (χ0v) is 12.3. The van der Waals surface area contributed by atoms with Gasteiger partial charge in [0.25, 0.3) is 0 Å². The molecule has 0 aliphatic carbocycles. The Morgan fingerprint density at radius 1 is 1.29 bits per heavy atom. The van der Waals surface area contributed by atoms with E-state index in [4.69, 9.17) is 34.8 Å². The van der Waals surface area contributed by atoms with Crippen molar-refractivity contribution in [2.24, 2.45) is 0 Å². The molecule has 4 heteroatoms. The summed E-state index contributed by atoms with van der Waals surface area (Å²) in [6, 6.07) is 7.75. The molecule has 2 rings (SSSR count). The van der Waals surface area contributed by atoms with Gasteiger partial charge in [0.05, 0.1) is 10.4 Å². The van der Waals surface area contributed by atoms with Crippen molar-refractivity contribution in [2.45, 2.75) is 18.7 Å². The molecule has 0 amide bonds. The van der Waals surface area contributed by atoms with Crippen LogP contribution < -0.4 is 0 Å². The van der Waals surface area contributed by atoms with E-state index in [1.807, 2.05) is 36.6 Å². The first-order chi connectivity index (χ1) is 8.08. The van der Waals surface area contributed by atoms with E-state index in [1.165, 1.54) is 0 Å². The maximum atomic E-state index is 6.39. The molecule has 2 aromatic rings. The van der Waals surface area contributed by atoms with Crippen molar-refractivity contribution in [1.82, 2.24) is 0 Å². The number of rotatable bonds is 3. The largest absolute Gasteiger partial charge is 0.145 e. The highest BCUT2D eigenvalue weighted by Crippen LogP contribution is 2.37. The zero-order chi connectivity index (χ0) is 12.4. The maximum absolute atomic E-state index is 6.39. The topological polar surface area (TPSA) is 0 Å². The van der Waals surface area contributed by atoms with Gasteiger partial charge < -0.3 is 0 Å². The van der Waals surface area contributed by atoms with Crippen LogP contribution in [0.4, 0.5) is 0 Å². The van der Waals surface area contributed by atoms with E-state index in [1.54, 1.807) is 11.3 Å². The van der Waals surface area contributed by atoms with E-state index in [9.17, 15) is 0 Å². The lowest BCUT2D eigenvalue weighted by molar-refractivity contribution is 0.939. The van der Waals surface area contributed by atoms with Gasteiger partial charge in [0.2, 0.25) is 0 Å². The number of alkyl halides is 1. The lowest BCUT2D eigenvalue weighted by atomic mass is 10.1. The second-order valence-electron chi connectivity index (χ2n) is 3.90. The van der Waals surface area contributed by atoms with Crippen LogP contribution in [0.25, 0.3) is 0 Å². The molecule has 1 unspecified atom stereocenters. The first kappa shape index (κ1) is 13.2. The third-order valence-corrected chi connectivity index (χ3v) is 5.08. The van der Waals surface area contributed by atoms with Crippen molar-refractivity contribution in [3.05, 3.63) is 55.7 Å². The molecule has 0 aliphatic heterocycles. The van der Waals surface area contributed by atoms with Gasteiger partial charge in [-0.1, -0.05) is 35.3 Å². The van der Waals surface area contributed by atoms with Crippen molar-refractivity contribution in [1.29, 1.82) is 0 Å². The van der Waals surface area contributed by atoms with Gasteiger partial charge in [0.1, 0.15) is 0 Å². The fourth-order valence-electron chi connectivity index (χ4n) is 1.62. The van der Waals surface area contributed by atoms with Crippen LogP contribution >= 0.6 is 46.1 Å². The van der Waals surface area contributed by atoms with Gasteiger partial charge in [-0.3, -0.25) is 0 Å². The number of aryl methyl sites for hydroxylation is 1. The second kappa shape index (κ2) is 5.62. The fraction of sp³-hybridized carbons (Fsp3) is 0.231. The Balaban J connectivity index is 2.17. The Kier molecular flexibility index (Phi) is 4.37. The Morgan fingerprint density at radius 3 is 2.65 bits per heavy atom. The fourth-order valence-corrected chi connectivity index (χ4v) is 3.64. The summed E-state index contributed by atoms with van der Waals surface area (Å²) in [6.45, 7) is 1.99. The van der Waals surface area contributed by atoms with Crippen LogP contribution in [0.3, 0.4) is 0 Å². The van der Waals surface area contributed by atoms with Crippen LogP contribution in [-0.2, 0) is 6.42 Å². The summed E-state index contributed by atoms with van der Waals surface area (Å²) in [5, 5.41) is 3.46. The summed E-state index contributed by atoms with van der Waals surface area (Å²) in [5.41, 5.74) is 2.21. The number of halogens is 3. The quantitative estimate of drug-likeness (QED) is 0.621. The van der Waals surface area contributed by atoms with Gasteiger partial charge in [0, 0.05) is 9.90 Å². The Hall–Kier alpha value is -0.210. The SMILES string of the molecule is Cc1csc(C(Cl)Cc2cccc(Cl)c2)c1Cl. The molecule has 1 aromatic heterocycles. The third-order valence-electron chi connectivity index (χ3n) is 2.51. The summed E-state index contributed by atoms with van der Waals surface area (Å²) in [7, 11) is 0. The van der Waals surface area contributed by atoms with Crippen molar-refractivity contribution < 1.29 is 0 Å². The summed E-state index contributed by atoms with van der Waals surface area (Å²) in [4.78, 5) is 1.03. The van der Waals surface area contributed by atoms with Crippen LogP contribution in [0.5, 0.6) is 0 Å². The van der Waals surface area contributed by atoms with Gasteiger partial charge in [-0.2, -0.15) is 0 Å². The predicted octanol–water partition coefficient (Wildman–Crippen LogP) is 5.89. The first-order valence-corrected chi connectivity index (χ1v) is 7.27. The highest BCUT2D eigenvalue weighted by molar-refractivity contribution is 7.11. The van der Waals surface area contributed by atoms with Gasteiger partial charge in [-0.25, -0.2) is 0 Å². The molecular formula is C13H11Cl3S. The summed E-state index contributed by atoms with van der Waals surface area (Å²) >= 11 is 20.1. The molecule has 0 radical (unpaired) electrons. The molecule has 0 spiro atoms. The highest BCUT2D eigenvalue weighted by Gasteiger charge is 2.16. The first-order valence-electron chi connectivity index (χ1n) is 5.20. The molecule has 0 bridgehead atoms. The number of benzene rings is 1. The van der Waals surface area contributed by atoms with Crippen LogP contribution in [0.15, 0.2) is 29.6 Å². The molecule has 1 heterocycles. The zero-order valence-electron chi connectivity index (χ0n) is 9.21. The molecule has 0 nitrogen and oxygen atoms in total. The predicted molar refractivity (Wildman–Crippen MR) is 77.8 cm³/mol. The van der Waals surface area contributed by atoms with E-state index < -0.39 is 0 Å². The molecule has 90 valence electrons. The Labute approximate surface area is 120 Å². The van der Waals surface area contributed by atoms with Crippen molar-refractivity contribution >= 4 is 46.1 Å². The molecule has 0 aliphatic rings. The van der Waals surface area contributed by atoms with Gasteiger partial charge in [0.15, 0.2) is 0 Å². The molecule has 0 saturated heterocycles. The average molecular weight is 306 g/mol. The van der Waals surface area contributed by atoms with E-state index in [0.717, 1.165) is 32.5 Å². The Morgan fingerprint density at radius 2 is 2.06 bits per heavy atom. The van der Waals surface area contributed by atoms with E-state index >= 15 is 0 Å². The third kappa shape index (κ3) is 3.17. The van der Waals surface area contributed by atoms with E-state index in [2.05, 4.69) is 0 Å². The summed E-state index contributed by atoms with van der Waals surface area (Å²) in [6.07, 6.45) is 0.738. The maximum Gasteiger partial charge on any atom is 0.0733 e. The van der Waals surface area contributed by atoms with Gasteiger partial charge >= 0.3 is 0 Å². The second-order valence-corrected chi connectivity index (χ2v) is 6.15. The number of hydrogen-bond donors (Lipinski definition) is 0. The van der Waals surface area contributed by atoms with E-state index in [0.29, 0.717) is 0 Å². The minimum atomic E-state index is -0.0975. The molecule has 0 fully saturated rings. The van der Waals surface area contributed by atoms with Crippen LogP contribution in [0.1, 0.15) is 21.4 Å². The standard InChI is InChI=1S/C13H11Cl3S/c1-8-7-17-13(12(8)16)11(15)6-9-3-2-4-10(14)5-9/h2-5,7,11H,6H2,1H3. The molecule has 1 aromatic carbocycles. The van der Waals surface area contributed by atoms with Crippen LogP contribution in [0.2, 0.25) is 10.0 Å². The van der Waals surface area contributed by atoms with E-state index in [-0.39, 0.29) is 5.38 Å². The van der Waals surface area contributed by atoms with Crippen molar-refractivity contribution in [3.8, 4) is 0 Å². The molecule has 1 atom stereocenters. The number of thiophene rings is 1. The average Bonchev–Trinajstić information content (AvgIpc) is 2.60. The molecular weight excluding hydrogens is 295 g/mol. The van der Waals surface area contributed by atoms with Crippen molar-refractivity contribution in [2.75, 3.05) is 0 Å². The van der Waals surface area contributed by atoms with Gasteiger partial charge in [-0.05, 0) is 42.0 Å². The monoisotopic (exact) mass is 304 g/mol. The molecule has 0 N–H and O–H groups in total. The smallest absolute Gasteiger partial charge is 0.0733 e. The lowest BCUT2D eigenvalue weighted by Crippen LogP contribution is -1.94. The lowest BCUT2D eigenvalue weighted by Gasteiger charge is -2.08. The van der Waals surface area contributed by atoms with Crippen LogP contribution in [-0.4, -0.2) is 0 Å². The van der Waals surface area contributed by atoms with Crippen LogP contribution in [0, 0.1) is 6.92 Å². The molecule has 0 saturated carbocycles. The molecule has 17 heavy (non-hydrogen) atoms. The summed E-state index contributed by atoms with van der Waals surface area (Å²) < 4.78 is 0. The normalized spacial score (nSPS) is 12.7. The summed E-state index contributed by atoms with van der Waals surface area (Å²) in [5.74, 6) is 0. The van der Waals surface area contributed by atoms with Gasteiger partial charge in [-0.15, -0.1) is 22.9 Å². The van der Waals surface area contributed by atoms with Crippen molar-refractivity contribution in [3.63, 3.8) is 0 Å². The minimum Gasteiger partial charge on any atom is -0.145 e.